The lowest BCUT2D eigenvalue weighted by molar-refractivity contribution is 0.0139. The molecule has 1 aromatic rings. The van der Waals surface area contributed by atoms with Crippen LogP contribution in [0.3, 0.4) is 0 Å². The Morgan fingerprint density at radius 1 is 1.26 bits per heavy atom. The van der Waals surface area contributed by atoms with Gasteiger partial charge in [0.1, 0.15) is 0 Å². The normalized spacial score (nSPS) is 14.3. The van der Waals surface area contributed by atoms with Crippen LogP contribution in [0.1, 0.15) is 26.3 Å². The van der Waals surface area contributed by atoms with Gasteiger partial charge in [-0.2, -0.15) is 0 Å². The molecule has 19 heavy (non-hydrogen) atoms. The lowest BCUT2D eigenvalue weighted by Crippen LogP contribution is -2.42. The minimum Gasteiger partial charge on any atom is -0.493 e. The van der Waals surface area contributed by atoms with Crippen molar-refractivity contribution in [2.45, 2.75) is 32.9 Å². The van der Waals surface area contributed by atoms with Crippen molar-refractivity contribution in [3.05, 3.63) is 23.8 Å². The summed E-state index contributed by atoms with van der Waals surface area (Å²) >= 11 is 0. The van der Waals surface area contributed by atoms with E-state index in [1.165, 1.54) is 0 Å². The Morgan fingerprint density at radius 2 is 1.95 bits per heavy atom. The Morgan fingerprint density at radius 3 is 2.47 bits per heavy atom. The molecule has 0 saturated heterocycles. The molecule has 0 bridgehead atoms. The van der Waals surface area contributed by atoms with E-state index in [1.54, 1.807) is 14.2 Å². The molecule has 0 amide bonds. The molecule has 0 saturated carbocycles. The van der Waals surface area contributed by atoms with Gasteiger partial charge >= 0.3 is 0 Å². The summed E-state index contributed by atoms with van der Waals surface area (Å²) in [6.07, 6.45) is 0. The molecule has 0 aliphatic carbocycles. The molecule has 4 nitrogen and oxygen atoms in total. The highest BCUT2D eigenvalue weighted by atomic mass is 16.5. The largest absolute Gasteiger partial charge is 0.493 e. The Labute approximate surface area is 115 Å². The van der Waals surface area contributed by atoms with Crippen molar-refractivity contribution in [2.24, 2.45) is 5.92 Å². The van der Waals surface area contributed by atoms with Crippen molar-refractivity contribution in [1.82, 2.24) is 5.32 Å². The summed E-state index contributed by atoms with van der Waals surface area (Å²) in [6.45, 7) is 7.02. The SMILES string of the molecule is COc1cccc(CNCC(C)(O)C(C)C)c1OC. The van der Waals surface area contributed by atoms with Crippen LogP contribution in [0.2, 0.25) is 0 Å². The number of hydrogen-bond donors (Lipinski definition) is 2. The van der Waals surface area contributed by atoms with Gasteiger partial charge in [0.15, 0.2) is 11.5 Å². The third-order valence-electron chi connectivity index (χ3n) is 3.53. The lowest BCUT2D eigenvalue weighted by Gasteiger charge is -2.28. The zero-order valence-electron chi connectivity index (χ0n) is 12.5. The fraction of sp³-hybridized carbons (Fsp3) is 0.600. The lowest BCUT2D eigenvalue weighted by atomic mass is 9.92. The van der Waals surface area contributed by atoms with E-state index in [4.69, 9.17) is 9.47 Å². The number of benzene rings is 1. The topological polar surface area (TPSA) is 50.7 Å². The Kier molecular flexibility index (Phi) is 5.63. The summed E-state index contributed by atoms with van der Waals surface area (Å²) in [7, 11) is 3.25. The van der Waals surface area contributed by atoms with Gasteiger partial charge in [0.2, 0.25) is 0 Å². The van der Waals surface area contributed by atoms with Gasteiger partial charge in [-0.15, -0.1) is 0 Å². The Bertz CT molecular complexity index is 402. The van der Waals surface area contributed by atoms with Crippen LogP contribution >= 0.6 is 0 Å². The van der Waals surface area contributed by atoms with Crippen LogP contribution in [0, 0.1) is 5.92 Å². The summed E-state index contributed by atoms with van der Waals surface area (Å²) in [4.78, 5) is 0. The Hall–Kier alpha value is -1.26. The first-order chi connectivity index (χ1) is 8.92. The van der Waals surface area contributed by atoms with E-state index in [0.29, 0.717) is 13.1 Å². The van der Waals surface area contributed by atoms with E-state index in [9.17, 15) is 5.11 Å². The zero-order chi connectivity index (χ0) is 14.5. The summed E-state index contributed by atoms with van der Waals surface area (Å²) in [5, 5.41) is 13.4. The molecule has 2 N–H and O–H groups in total. The van der Waals surface area contributed by atoms with Gasteiger partial charge in [-0.3, -0.25) is 0 Å². The van der Waals surface area contributed by atoms with E-state index in [2.05, 4.69) is 5.32 Å². The van der Waals surface area contributed by atoms with Gasteiger partial charge < -0.3 is 19.9 Å². The summed E-state index contributed by atoms with van der Waals surface area (Å²) < 4.78 is 10.6. The maximum absolute atomic E-state index is 10.2. The van der Waals surface area contributed by atoms with Crippen LogP contribution in [-0.4, -0.2) is 31.5 Å². The van der Waals surface area contributed by atoms with Crippen molar-refractivity contribution in [3.8, 4) is 11.5 Å². The highest BCUT2D eigenvalue weighted by Gasteiger charge is 2.24. The van der Waals surface area contributed by atoms with Gasteiger partial charge in [0, 0.05) is 18.7 Å². The van der Waals surface area contributed by atoms with Crippen LogP contribution < -0.4 is 14.8 Å². The summed E-state index contributed by atoms with van der Waals surface area (Å²) in [6, 6.07) is 5.78. The first-order valence-corrected chi connectivity index (χ1v) is 6.55. The number of methoxy groups -OCH3 is 2. The van der Waals surface area contributed by atoms with E-state index in [-0.39, 0.29) is 5.92 Å². The Balaban J connectivity index is 2.68. The monoisotopic (exact) mass is 267 g/mol. The van der Waals surface area contributed by atoms with Crippen LogP contribution in [-0.2, 0) is 6.54 Å². The number of rotatable bonds is 7. The second kappa shape index (κ2) is 6.78. The standard InChI is InChI=1S/C15H25NO3/c1-11(2)15(3,17)10-16-9-12-7-6-8-13(18-4)14(12)19-5/h6-8,11,16-17H,9-10H2,1-5H3. The molecule has 0 heterocycles. The van der Waals surface area contributed by atoms with Crippen molar-refractivity contribution < 1.29 is 14.6 Å². The van der Waals surface area contributed by atoms with E-state index in [1.807, 2.05) is 39.0 Å². The second-order valence-corrected chi connectivity index (χ2v) is 5.27. The number of ether oxygens (including phenoxy) is 2. The van der Waals surface area contributed by atoms with Crippen LogP contribution in [0.5, 0.6) is 11.5 Å². The molecule has 1 atom stereocenters. The molecule has 0 spiro atoms. The van der Waals surface area contributed by atoms with Gasteiger partial charge in [0.25, 0.3) is 0 Å². The van der Waals surface area contributed by atoms with Gasteiger partial charge in [-0.05, 0) is 18.9 Å². The fourth-order valence-corrected chi connectivity index (χ4v) is 1.75. The molecule has 1 aromatic carbocycles. The first-order valence-electron chi connectivity index (χ1n) is 6.55. The first kappa shape index (κ1) is 15.8. The molecule has 4 heteroatoms. The smallest absolute Gasteiger partial charge is 0.165 e. The van der Waals surface area contributed by atoms with Gasteiger partial charge in [0.05, 0.1) is 19.8 Å². The average molecular weight is 267 g/mol. The second-order valence-electron chi connectivity index (χ2n) is 5.27. The maximum Gasteiger partial charge on any atom is 0.165 e. The number of hydrogen-bond acceptors (Lipinski definition) is 4. The number of nitrogens with one attached hydrogen (secondary N) is 1. The molecule has 0 aliphatic heterocycles. The molecule has 0 aromatic heterocycles. The van der Waals surface area contributed by atoms with Crippen LogP contribution in [0.15, 0.2) is 18.2 Å². The van der Waals surface area contributed by atoms with Crippen LogP contribution in [0.25, 0.3) is 0 Å². The average Bonchev–Trinajstić information content (AvgIpc) is 2.37. The predicted octanol–water partition coefficient (Wildman–Crippen LogP) is 2.20. The van der Waals surface area contributed by atoms with Crippen LogP contribution in [0.4, 0.5) is 0 Å². The zero-order valence-corrected chi connectivity index (χ0v) is 12.5. The molecular formula is C15H25NO3. The fourth-order valence-electron chi connectivity index (χ4n) is 1.75. The minimum atomic E-state index is -0.716. The van der Waals surface area contributed by atoms with Crippen molar-refractivity contribution in [2.75, 3.05) is 20.8 Å². The summed E-state index contributed by atoms with van der Waals surface area (Å²) in [5.41, 5.74) is 0.299. The van der Waals surface area contributed by atoms with Crippen molar-refractivity contribution in [1.29, 1.82) is 0 Å². The molecule has 0 fully saturated rings. The number of para-hydroxylation sites is 1. The van der Waals surface area contributed by atoms with Gasteiger partial charge in [-0.25, -0.2) is 0 Å². The van der Waals surface area contributed by atoms with Gasteiger partial charge in [-0.1, -0.05) is 26.0 Å². The van der Waals surface area contributed by atoms with E-state index < -0.39 is 5.60 Å². The van der Waals surface area contributed by atoms with E-state index in [0.717, 1.165) is 17.1 Å². The highest BCUT2D eigenvalue weighted by molar-refractivity contribution is 5.46. The molecule has 1 rings (SSSR count). The van der Waals surface area contributed by atoms with Crippen molar-refractivity contribution >= 4 is 0 Å². The predicted molar refractivity (Wildman–Crippen MR) is 76.7 cm³/mol. The number of aliphatic hydroxyl groups is 1. The minimum absolute atomic E-state index is 0.201. The summed E-state index contributed by atoms with van der Waals surface area (Å²) in [5.74, 6) is 1.66. The molecule has 0 aliphatic rings. The molecule has 0 radical (unpaired) electrons. The quantitative estimate of drug-likeness (QED) is 0.795. The highest BCUT2D eigenvalue weighted by Crippen LogP contribution is 2.30. The van der Waals surface area contributed by atoms with Crippen molar-refractivity contribution in [3.63, 3.8) is 0 Å². The van der Waals surface area contributed by atoms with E-state index >= 15 is 0 Å². The third-order valence-corrected chi connectivity index (χ3v) is 3.53. The maximum atomic E-state index is 10.2. The molecular weight excluding hydrogens is 242 g/mol. The molecule has 1 unspecified atom stereocenters. The third kappa shape index (κ3) is 4.11. The molecule has 108 valence electrons.